The summed E-state index contributed by atoms with van der Waals surface area (Å²) in [5.41, 5.74) is 10.0. The standard InChI is InChI=1S/C13H24N4O3/c1-2-9(8-6-4-3-5-7-8)16-13(20)17-10(11(14)18)12(15)19/h8-10H,2-7H2,1H3,(H2,14,18)(H2,15,19)(H2,16,17,20)/t9-/m1/s1. The zero-order chi connectivity index (χ0) is 15.1. The van der Waals surface area contributed by atoms with Crippen molar-refractivity contribution >= 4 is 17.8 Å². The third-order valence-electron chi connectivity index (χ3n) is 3.82. The highest BCUT2D eigenvalue weighted by molar-refractivity contribution is 6.05. The Morgan fingerprint density at radius 3 is 2.05 bits per heavy atom. The van der Waals surface area contributed by atoms with Gasteiger partial charge in [-0.2, -0.15) is 0 Å². The predicted octanol–water partition coefficient (Wildman–Crippen LogP) is -0.0163. The van der Waals surface area contributed by atoms with Gasteiger partial charge in [-0.1, -0.05) is 26.2 Å². The number of carbonyl (C=O) groups is 3. The van der Waals surface area contributed by atoms with Crippen molar-refractivity contribution in [1.29, 1.82) is 0 Å². The fourth-order valence-electron chi connectivity index (χ4n) is 2.71. The molecule has 20 heavy (non-hydrogen) atoms. The van der Waals surface area contributed by atoms with E-state index in [1.54, 1.807) is 0 Å². The Kier molecular flexibility index (Phi) is 6.27. The number of nitrogens with two attached hydrogens (primary N) is 2. The first kappa shape index (κ1) is 16.3. The Bertz CT molecular complexity index is 353. The molecule has 1 fully saturated rings. The molecule has 7 heteroatoms. The van der Waals surface area contributed by atoms with Gasteiger partial charge in [-0.15, -0.1) is 0 Å². The largest absolute Gasteiger partial charge is 0.367 e. The summed E-state index contributed by atoms with van der Waals surface area (Å²) >= 11 is 0. The van der Waals surface area contributed by atoms with Gasteiger partial charge in [-0.25, -0.2) is 4.79 Å². The molecule has 114 valence electrons. The molecule has 1 aliphatic carbocycles. The predicted molar refractivity (Wildman–Crippen MR) is 74.5 cm³/mol. The Balaban J connectivity index is 2.53. The van der Waals surface area contributed by atoms with Crippen molar-refractivity contribution in [2.75, 3.05) is 0 Å². The smallest absolute Gasteiger partial charge is 0.316 e. The molecule has 0 saturated heterocycles. The van der Waals surface area contributed by atoms with Gasteiger partial charge in [0.2, 0.25) is 11.8 Å². The average Bonchev–Trinajstić information content (AvgIpc) is 2.42. The van der Waals surface area contributed by atoms with E-state index < -0.39 is 23.9 Å². The van der Waals surface area contributed by atoms with Gasteiger partial charge in [-0.3, -0.25) is 9.59 Å². The zero-order valence-corrected chi connectivity index (χ0v) is 11.9. The molecule has 0 spiro atoms. The van der Waals surface area contributed by atoms with Gasteiger partial charge < -0.3 is 22.1 Å². The summed E-state index contributed by atoms with van der Waals surface area (Å²) in [6.45, 7) is 2.00. The van der Waals surface area contributed by atoms with Crippen LogP contribution in [0.3, 0.4) is 0 Å². The van der Waals surface area contributed by atoms with Crippen LogP contribution in [0, 0.1) is 5.92 Å². The summed E-state index contributed by atoms with van der Waals surface area (Å²) < 4.78 is 0. The highest BCUT2D eigenvalue weighted by Gasteiger charge is 2.27. The summed E-state index contributed by atoms with van der Waals surface area (Å²) in [6.07, 6.45) is 6.58. The maximum absolute atomic E-state index is 11.8. The number of hydrogen-bond donors (Lipinski definition) is 4. The highest BCUT2D eigenvalue weighted by atomic mass is 16.2. The Hall–Kier alpha value is -1.79. The average molecular weight is 284 g/mol. The minimum atomic E-state index is -1.47. The van der Waals surface area contributed by atoms with Crippen LogP contribution in [0.25, 0.3) is 0 Å². The quantitative estimate of drug-likeness (QED) is 0.512. The molecule has 1 rings (SSSR count). The van der Waals surface area contributed by atoms with E-state index in [0.29, 0.717) is 5.92 Å². The van der Waals surface area contributed by atoms with Gasteiger partial charge in [0.25, 0.3) is 0 Å². The van der Waals surface area contributed by atoms with E-state index in [2.05, 4.69) is 10.6 Å². The van der Waals surface area contributed by atoms with Crippen molar-refractivity contribution < 1.29 is 14.4 Å². The fraction of sp³-hybridized carbons (Fsp3) is 0.769. The molecule has 0 radical (unpaired) electrons. The second kappa shape index (κ2) is 7.72. The molecule has 0 aromatic carbocycles. The van der Waals surface area contributed by atoms with Crippen LogP contribution in [0.1, 0.15) is 45.4 Å². The van der Waals surface area contributed by atoms with Crippen LogP contribution >= 0.6 is 0 Å². The molecule has 6 N–H and O–H groups in total. The molecule has 1 saturated carbocycles. The maximum atomic E-state index is 11.8. The van der Waals surface area contributed by atoms with Crippen molar-refractivity contribution in [3.63, 3.8) is 0 Å². The van der Waals surface area contributed by atoms with Crippen molar-refractivity contribution in [2.24, 2.45) is 17.4 Å². The monoisotopic (exact) mass is 284 g/mol. The van der Waals surface area contributed by atoms with Crippen LogP contribution in [0.5, 0.6) is 0 Å². The Labute approximate surface area is 118 Å². The van der Waals surface area contributed by atoms with E-state index in [0.717, 1.165) is 19.3 Å². The van der Waals surface area contributed by atoms with Gasteiger partial charge in [0.05, 0.1) is 0 Å². The molecule has 1 aliphatic rings. The van der Waals surface area contributed by atoms with Crippen molar-refractivity contribution in [1.82, 2.24) is 10.6 Å². The molecule has 7 nitrogen and oxygen atoms in total. The first-order chi connectivity index (χ1) is 9.45. The van der Waals surface area contributed by atoms with E-state index in [1.807, 2.05) is 6.92 Å². The number of nitrogens with one attached hydrogen (secondary N) is 2. The minimum Gasteiger partial charge on any atom is -0.367 e. The van der Waals surface area contributed by atoms with E-state index in [1.165, 1.54) is 19.3 Å². The Morgan fingerprint density at radius 2 is 1.60 bits per heavy atom. The molecule has 1 atom stereocenters. The van der Waals surface area contributed by atoms with E-state index in [4.69, 9.17) is 11.5 Å². The molecular formula is C13H24N4O3. The summed E-state index contributed by atoms with van der Waals surface area (Å²) in [4.78, 5) is 33.9. The second-order valence-electron chi connectivity index (χ2n) is 5.27. The van der Waals surface area contributed by atoms with Crippen LogP contribution in [0.2, 0.25) is 0 Å². The minimum absolute atomic E-state index is 0.0386. The van der Waals surface area contributed by atoms with Crippen LogP contribution in [-0.2, 0) is 9.59 Å². The van der Waals surface area contributed by atoms with Crippen LogP contribution < -0.4 is 22.1 Å². The molecule has 0 bridgehead atoms. The van der Waals surface area contributed by atoms with Gasteiger partial charge in [0.15, 0.2) is 6.04 Å². The fourth-order valence-corrected chi connectivity index (χ4v) is 2.71. The first-order valence-electron chi connectivity index (χ1n) is 7.11. The number of rotatable bonds is 6. The van der Waals surface area contributed by atoms with E-state index in [-0.39, 0.29) is 6.04 Å². The van der Waals surface area contributed by atoms with Crippen LogP contribution in [0.4, 0.5) is 4.79 Å². The first-order valence-corrected chi connectivity index (χ1v) is 7.11. The van der Waals surface area contributed by atoms with E-state index in [9.17, 15) is 14.4 Å². The molecule has 0 heterocycles. The summed E-state index contributed by atoms with van der Waals surface area (Å²) in [7, 11) is 0. The number of amides is 4. The lowest BCUT2D eigenvalue weighted by Gasteiger charge is -2.30. The van der Waals surface area contributed by atoms with Crippen molar-refractivity contribution in [2.45, 2.75) is 57.5 Å². The third kappa shape index (κ3) is 4.71. The normalized spacial score (nSPS) is 17.5. The molecule has 0 aliphatic heterocycles. The van der Waals surface area contributed by atoms with Gasteiger partial charge in [-0.05, 0) is 25.2 Å². The van der Waals surface area contributed by atoms with E-state index >= 15 is 0 Å². The summed E-state index contributed by atoms with van der Waals surface area (Å²) in [6, 6.07) is -2.01. The lowest BCUT2D eigenvalue weighted by molar-refractivity contribution is -0.128. The molecule has 4 amide bonds. The third-order valence-corrected chi connectivity index (χ3v) is 3.82. The van der Waals surface area contributed by atoms with Crippen LogP contribution in [-0.4, -0.2) is 29.9 Å². The lowest BCUT2D eigenvalue weighted by Crippen LogP contribution is -2.56. The topological polar surface area (TPSA) is 127 Å². The molecule has 0 aromatic rings. The second-order valence-corrected chi connectivity index (χ2v) is 5.27. The number of hydrogen-bond acceptors (Lipinski definition) is 3. The van der Waals surface area contributed by atoms with Crippen molar-refractivity contribution in [3.05, 3.63) is 0 Å². The van der Waals surface area contributed by atoms with Crippen LogP contribution in [0.15, 0.2) is 0 Å². The van der Waals surface area contributed by atoms with Gasteiger partial charge in [0, 0.05) is 6.04 Å². The molecular weight excluding hydrogens is 260 g/mol. The number of carbonyl (C=O) groups excluding carboxylic acids is 3. The van der Waals surface area contributed by atoms with Gasteiger partial charge >= 0.3 is 6.03 Å². The SMILES string of the molecule is CC[C@@H](NC(=O)NC(C(N)=O)C(N)=O)C1CCCCC1. The highest BCUT2D eigenvalue weighted by Crippen LogP contribution is 2.27. The summed E-state index contributed by atoms with van der Waals surface area (Å²) in [5, 5.41) is 5.03. The number of primary amides is 2. The van der Waals surface area contributed by atoms with Gasteiger partial charge in [0.1, 0.15) is 0 Å². The molecule has 0 aromatic heterocycles. The molecule has 0 unspecified atom stereocenters. The number of urea groups is 1. The Morgan fingerprint density at radius 1 is 1.05 bits per heavy atom. The zero-order valence-electron chi connectivity index (χ0n) is 11.9. The summed E-state index contributed by atoms with van der Waals surface area (Å²) in [5.74, 6) is -1.48. The lowest BCUT2D eigenvalue weighted by atomic mass is 9.83. The maximum Gasteiger partial charge on any atom is 0.316 e. The van der Waals surface area contributed by atoms with Crippen molar-refractivity contribution in [3.8, 4) is 0 Å².